The number of carboxylic acid groups (broad SMARTS) is 1. The topological polar surface area (TPSA) is 62.2 Å². The molecule has 100 valence electrons. The SMILES string of the molecule is O=C([O-])Cc1csc(CCOc2ccc(Cl)cc2)n1. The van der Waals surface area contributed by atoms with E-state index in [2.05, 4.69) is 4.98 Å². The van der Waals surface area contributed by atoms with Gasteiger partial charge in [-0.3, -0.25) is 0 Å². The van der Waals surface area contributed by atoms with E-state index in [0.29, 0.717) is 23.7 Å². The highest BCUT2D eigenvalue weighted by molar-refractivity contribution is 7.09. The molecule has 0 aliphatic rings. The summed E-state index contributed by atoms with van der Waals surface area (Å²) in [5, 5.41) is 13.7. The molecule has 1 heterocycles. The van der Waals surface area contributed by atoms with E-state index in [9.17, 15) is 9.90 Å². The van der Waals surface area contributed by atoms with E-state index in [4.69, 9.17) is 16.3 Å². The highest BCUT2D eigenvalue weighted by atomic mass is 35.5. The second kappa shape index (κ2) is 6.54. The number of carboxylic acids is 1. The minimum absolute atomic E-state index is 0.144. The lowest BCUT2D eigenvalue weighted by molar-refractivity contribution is -0.304. The van der Waals surface area contributed by atoms with Gasteiger partial charge in [-0.2, -0.15) is 0 Å². The average Bonchev–Trinajstić information content (AvgIpc) is 2.78. The fraction of sp³-hybridized carbons (Fsp3) is 0.231. The van der Waals surface area contributed by atoms with Crippen LogP contribution in [0.1, 0.15) is 10.7 Å². The summed E-state index contributed by atoms with van der Waals surface area (Å²) in [4.78, 5) is 14.6. The number of thiazole rings is 1. The number of hydrogen-bond donors (Lipinski definition) is 0. The van der Waals surface area contributed by atoms with Gasteiger partial charge in [0.15, 0.2) is 0 Å². The number of benzene rings is 1. The molecule has 2 rings (SSSR count). The fourth-order valence-electron chi connectivity index (χ4n) is 1.48. The molecule has 1 aromatic carbocycles. The molecule has 4 nitrogen and oxygen atoms in total. The Bertz CT molecular complexity index is 553. The molecule has 6 heteroatoms. The minimum Gasteiger partial charge on any atom is -0.550 e. The Kier molecular flexibility index (Phi) is 4.76. The van der Waals surface area contributed by atoms with E-state index in [1.807, 2.05) is 0 Å². The lowest BCUT2D eigenvalue weighted by Crippen LogP contribution is -2.24. The van der Waals surface area contributed by atoms with Crippen LogP contribution >= 0.6 is 22.9 Å². The smallest absolute Gasteiger partial charge is 0.119 e. The van der Waals surface area contributed by atoms with Crippen molar-refractivity contribution in [2.45, 2.75) is 12.8 Å². The van der Waals surface area contributed by atoms with Gasteiger partial charge in [-0.15, -0.1) is 11.3 Å². The van der Waals surface area contributed by atoms with Crippen molar-refractivity contribution in [3.05, 3.63) is 45.4 Å². The quantitative estimate of drug-likeness (QED) is 0.814. The molecule has 0 spiro atoms. The van der Waals surface area contributed by atoms with Crippen molar-refractivity contribution >= 4 is 28.9 Å². The Morgan fingerprint density at radius 1 is 1.37 bits per heavy atom. The summed E-state index contributed by atoms with van der Waals surface area (Å²) in [5.41, 5.74) is 0.534. The summed E-state index contributed by atoms with van der Waals surface area (Å²) in [6, 6.07) is 7.12. The fourth-order valence-corrected chi connectivity index (χ4v) is 2.39. The van der Waals surface area contributed by atoms with Crippen LogP contribution in [0.4, 0.5) is 0 Å². The predicted molar refractivity (Wildman–Crippen MR) is 71.5 cm³/mol. The molecule has 0 fully saturated rings. The van der Waals surface area contributed by atoms with Gasteiger partial charge < -0.3 is 14.6 Å². The monoisotopic (exact) mass is 296 g/mol. The molecule has 0 saturated heterocycles. The number of hydrogen-bond acceptors (Lipinski definition) is 5. The number of nitrogens with zero attached hydrogens (tertiary/aromatic N) is 1. The van der Waals surface area contributed by atoms with Gasteiger partial charge >= 0.3 is 0 Å². The van der Waals surface area contributed by atoms with Gasteiger partial charge in [0.2, 0.25) is 0 Å². The van der Waals surface area contributed by atoms with Gasteiger partial charge in [0.05, 0.1) is 17.3 Å². The largest absolute Gasteiger partial charge is 0.550 e. The number of aliphatic carboxylic acids is 1. The highest BCUT2D eigenvalue weighted by Crippen LogP contribution is 2.16. The van der Waals surface area contributed by atoms with E-state index < -0.39 is 5.97 Å². The molecule has 1 aromatic heterocycles. The van der Waals surface area contributed by atoms with Crippen molar-refractivity contribution < 1.29 is 14.6 Å². The molecule has 0 aliphatic carbocycles. The molecule has 0 aliphatic heterocycles. The van der Waals surface area contributed by atoms with Gasteiger partial charge in [-0.05, 0) is 24.3 Å². The number of halogens is 1. The van der Waals surface area contributed by atoms with E-state index in [0.717, 1.165) is 10.8 Å². The zero-order valence-electron chi connectivity index (χ0n) is 9.97. The lowest BCUT2D eigenvalue weighted by Gasteiger charge is -2.04. The van der Waals surface area contributed by atoms with Crippen molar-refractivity contribution in [1.82, 2.24) is 4.98 Å². The molecule has 0 saturated carbocycles. The van der Waals surface area contributed by atoms with E-state index in [-0.39, 0.29) is 6.42 Å². The van der Waals surface area contributed by atoms with Gasteiger partial charge in [0.25, 0.3) is 0 Å². The molecular weight excluding hydrogens is 286 g/mol. The molecule has 0 amide bonds. The first-order chi connectivity index (χ1) is 9.13. The number of carbonyl (C=O) groups excluding carboxylic acids is 1. The van der Waals surface area contributed by atoms with Crippen LogP contribution in [0.5, 0.6) is 5.75 Å². The van der Waals surface area contributed by atoms with Crippen molar-refractivity contribution in [2.24, 2.45) is 0 Å². The third kappa shape index (κ3) is 4.54. The van der Waals surface area contributed by atoms with Crippen LogP contribution in [0, 0.1) is 0 Å². The average molecular weight is 297 g/mol. The van der Waals surface area contributed by atoms with Gasteiger partial charge in [-0.1, -0.05) is 11.6 Å². The third-order valence-electron chi connectivity index (χ3n) is 2.32. The predicted octanol–water partition coefficient (Wildman–Crippen LogP) is 1.71. The van der Waals surface area contributed by atoms with Crippen molar-refractivity contribution in [3.63, 3.8) is 0 Å². The Hall–Kier alpha value is -1.59. The molecule has 0 unspecified atom stereocenters. The maximum absolute atomic E-state index is 10.4. The first kappa shape index (κ1) is 13.8. The van der Waals surface area contributed by atoms with Crippen molar-refractivity contribution in [2.75, 3.05) is 6.61 Å². The van der Waals surface area contributed by atoms with Gasteiger partial charge in [0.1, 0.15) is 5.75 Å². The molecular formula is C13H11ClNO3S-. The van der Waals surface area contributed by atoms with Crippen LogP contribution in [0.15, 0.2) is 29.6 Å². The van der Waals surface area contributed by atoms with Gasteiger partial charge in [0, 0.05) is 29.2 Å². The second-order valence-corrected chi connectivity index (χ2v) is 5.21. The van der Waals surface area contributed by atoms with Gasteiger partial charge in [-0.25, -0.2) is 4.98 Å². The summed E-state index contributed by atoms with van der Waals surface area (Å²) in [6.07, 6.45) is 0.495. The maximum Gasteiger partial charge on any atom is 0.119 e. The Morgan fingerprint density at radius 3 is 2.79 bits per heavy atom. The Morgan fingerprint density at radius 2 is 2.11 bits per heavy atom. The van der Waals surface area contributed by atoms with Crippen LogP contribution in [0.2, 0.25) is 5.02 Å². The Labute approximate surface area is 119 Å². The van der Waals surface area contributed by atoms with Crippen LogP contribution in [-0.2, 0) is 17.6 Å². The Balaban J connectivity index is 1.80. The molecule has 19 heavy (non-hydrogen) atoms. The molecule has 0 bridgehead atoms. The number of carbonyl (C=O) groups is 1. The number of ether oxygens (including phenoxy) is 1. The van der Waals surface area contributed by atoms with Crippen LogP contribution in [0.3, 0.4) is 0 Å². The zero-order valence-corrected chi connectivity index (χ0v) is 11.5. The van der Waals surface area contributed by atoms with Crippen LogP contribution in [-0.4, -0.2) is 17.6 Å². The van der Waals surface area contributed by atoms with E-state index in [1.54, 1.807) is 29.6 Å². The number of rotatable bonds is 6. The summed E-state index contributed by atoms with van der Waals surface area (Å²) in [5.74, 6) is -0.370. The summed E-state index contributed by atoms with van der Waals surface area (Å²) < 4.78 is 5.53. The first-order valence-corrected chi connectivity index (χ1v) is 6.91. The maximum atomic E-state index is 10.4. The number of aromatic nitrogens is 1. The summed E-state index contributed by atoms with van der Waals surface area (Å²) >= 11 is 7.19. The highest BCUT2D eigenvalue weighted by Gasteiger charge is 2.03. The molecule has 0 atom stereocenters. The van der Waals surface area contributed by atoms with Crippen LogP contribution < -0.4 is 9.84 Å². The zero-order chi connectivity index (χ0) is 13.7. The van der Waals surface area contributed by atoms with Crippen LogP contribution in [0.25, 0.3) is 0 Å². The van der Waals surface area contributed by atoms with E-state index in [1.165, 1.54) is 11.3 Å². The molecule has 0 N–H and O–H groups in total. The third-order valence-corrected chi connectivity index (χ3v) is 3.53. The lowest BCUT2D eigenvalue weighted by atomic mass is 10.3. The summed E-state index contributed by atoms with van der Waals surface area (Å²) in [7, 11) is 0. The van der Waals surface area contributed by atoms with Crippen molar-refractivity contribution in [1.29, 1.82) is 0 Å². The molecule has 2 aromatic rings. The minimum atomic E-state index is -1.12. The summed E-state index contributed by atoms with van der Waals surface area (Å²) in [6.45, 7) is 0.486. The standard InChI is InChI=1S/C13H12ClNO3S/c14-9-1-3-11(4-2-9)18-6-5-12-15-10(8-19-12)7-13(16)17/h1-4,8H,5-7H2,(H,16,17)/p-1. The van der Waals surface area contributed by atoms with Crippen molar-refractivity contribution in [3.8, 4) is 5.75 Å². The van der Waals surface area contributed by atoms with E-state index >= 15 is 0 Å². The second-order valence-electron chi connectivity index (χ2n) is 3.83. The normalized spacial score (nSPS) is 10.4. The molecule has 0 radical (unpaired) electrons. The first-order valence-electron chi connectivity index (χ1n) is 5.65.